The average molecular weight is 278 g/mol. The van der Waals surface area contributed by atoms with Crippen LogP contribution in [0.15, 0.2) is 0 Å². The van der Waals surface area contributed by atoms with Gasteiger partial charge in [0.1, 0.15) is 17.7 Å². The SMILES string of the molecule is CN1CCC(Cc2nnc3n2C(C(=O)O)CCC3)CC1. The molecule has 0 aliphatic carbocycles. The molecule has 2 aliphatic rings. The van der Waals surface area contributed by atoms with Crippen LogP contribution in [0.3, 0.4) is 0 Å². The second kappa shape index (κ2) is 5.52. The second-order valence-corrected chi connectivity index (χ2v) is 6.10. The Morgan fingerprint density at radius 1 is 1.30 bits per heavy atom. The number of likely N-dealkylation sites (tertiary alicyclic amines) is 1. The van der Waals surface area contributed by atoms with Crippen molar-refractivity contribution in [3.8, 4) is 0 Å². The zero-order valence-electron chi connectivity index (χ0n) is 12.0. The summed E-state index contributed by atoms with van der Waals surface area (Å²) >= 11 is 0. The number of hydrogen-bond acceptors (Lipinski definition) is 4. The van der Waals surface area contributed by atoms with Crippen LogP contribution in [0.5, 0.6) is 0 Å². The Balaban J connectivity index is 1.77. The van der Waals surface area contributed by atoms with Gasteiger partial charge in [-0.05, 0) is 51.7 Å². The van der Waals surface area contributed by atoms with Crippen molar-refractivity contribution in [2.45, 2.75) is 44.6 Å². The third-order valence-electron chi connectivity index (χ3n) is 4.62. The molecule has 2 aliphatic heterocycles. The molecule has 3 rings (SSSR count). The summed E-state index contributed by atoms with van der Waals surface area (Å²) in [5, 5.41) is 17.9. The fraction of sp³-hybridized carbons (Fsp3) is 0.786. The van der Waals surface area contributed by atoms with Gasteiger partial charge in [-0.3, -0.25) is 0 Å². The van der Waals surface area contributed by atoms with Crippen molar-refractivity contribution in [3.05, 3.63) is 11.6 Å². The molecule has 110 valence electrons. The summed E-state index contributed by atoms with van der Waals surface area (Å²) in [6.07, 6.45) is 5.63. The van der Waals surface area contributed by atoms with Crippen LogP contribution in [0.2, 0.25) is 0 Å². The molecule has 3 heterocycles. The van der Waals surface area contributed by atoms with E-state index in [-0.39, 0.29) is 0 Å². The average Bonchev–Trinajstić information content (AvgIpc) is 2.84. The smallest absolute Gasteiger partial charge is 0.326 e. The predicted octanol–water partition coefficient (Wildman–Crippen LogP) is 1.12. The minimum atomic E-state index is -0.754. The van der Waals surface area contributed by atoms with Gasteiger partial charge in [-0.2, -0.15) is 0 Å². The highest BCUT2D eigenvalue weighted by molar-refractivity contribution is 5.72. The van der Waals surface area contributed by atoms with Gasteiger partial charge in [0.15, 0.2) is 0 Å². The van der Waals surface area contributed by atoms with Crippen molar-refractivity contribution in [1.82, 2.24) is 19.7 Å². The van der Waals surface area contributed by atoms with Gasteiger partial charge in [-0.25, -0.2) is 4.79 Å². The molecule has 6 nitrogen and oxygen atoms in total. The van der Waals surface area contributed by atoms with E-state index >= 15 is 0 Å². The second-order valence-electron chi connectivity index (χ2n) is 6.10. The van der Waals surface area contributed by atoms with E-state index in [2.05, 4.69) is 22.1 Å². The van der Waals surface area contributed by atoms with Gasteiger partial charge in [0.05, 0.1) is 0 Å². The number of fused-ring (bicyclic) bond motifs is 1. The number of aliphatic carboxylic acids is 1. The minimum Gasteiger partial charge on any atom is -0.480 e. The van der Waals surface area contributed by atoms with E-state index in [1.807, 2.05) is 4.57 Å². The van der Waals surface area contributed by atoms with Crippen molar-refractivity contribution in [2.75, 3.05) is 20.1 Å². The number of piperidine rings is 1. The van der Waals surface area contributed by atoms with E-state index < -0.39 is 12.0 Å². The fourth-order valence-electron chi connectivity index (χ4n) is 3.37. The van der Waals surface area contributed by atoms with Crippen LogP contribution >= 0.6 is 0 Å². The minimum absolute atomic E-state index is 0.463. The summed E-state index contributed by atoms with van der Waals surface area (Å²) in [5.74, 6) is 1.58. The third-order valence-corrected chi connectivity index (χ3v) is 4.62. The van der Waals surface area contributed by atoms with Crippen molar-refractivity contribution >= 4 is 5.97 Å². The largest absolute Gasteiger partial charge is 0.480 e. The lowest BCUT2D eigenvalue weighted by Gasteiger charge is -2.29. The maximum atomic E-state index is 11.4. The Kier molecular flexibility index (Phi) is 3.74. The molecular weight excluding hydrogens is 256 g/mol. The summed E-state index contributed by atoms with van der Waals surface area (Å²) in [5.41, 5.74) is 0. The lowest BCUT2D eigenvalue weighted by atomic mass is 9.93. The Morgan fingerprint density at radius 3 is 2.75 bits per heavy atom. The highest BCUT2D eigenvalue weighted by Gasteiger charge is 2.30. The van der Waals surface area contributed by atoms with Crippen molar-refractivity contribution in [2.24, 2.45) is 5.92 Å². The molecule has 6 heteroatoms. The number of carbonyl (C=O) groups is 1. The Hall–Kier alpha value is -1.43. The summed E-state index contributed by atoms with van der Waals surface area (Å²) in [6.45, 7) is 2.24. The standard InChI is InChI=1S/C14H22N4O2/c1-17-7-5-10(6-8-17)9-13-16-15-12-4-2-3-11(14(19)20)18(12)13/h10-11H,2-9H2,1H3,(H,19,20). The first-order valence-electron chi connectivity index (χ1n) is 7.49. The van der Waals surface area contributed by atoms with Crippen LogP contribution in [0.25, 0.3) is 0 Å². The molecule has 0 radical (unpaired) electrons. The maximum Gasteiger partial charge on any atom is 0.326 e. The van der Waals surface area contributed by atoms with Gasteiger partial charge < -0.3 is 14.6 Å². The lowest BCUT2D eigenvalue weighted by molar-refractivity contribution is -0.141. The molecule has 1 atom stereocenters. The van der Waals surface area contributed by atoms with E-state index in [1.54, 1.807) is 0 Å². The van der Waals surface area contributed by atoms with Crippen LogP contribution in [0.4, 0.5) is 0 Å². The van der Waals surface area contributed by atoms with Crippen molar-refractivity contribution in [1.29, 1.82) is 0 Å². The number of aryl methyl sites for hydroxylation is 1. The first kappa shape index (κ1) is 13.5. The van der Waals surface area contributed by atoms with Crippen LogP contribution < -0.4 is 0 Å². The topological polar surface area (TPSA) is 71.2 Å². The molecule has 1 N–H and O–H groups in total. The maximum absolute atomic E-state index is 11.4. The molecule has 0 amide bonds. The van der Waals surface area contributed by atoms with E-state index in [4.69, 9.17) is 0 Å². The summed E-state index contributed by atoms with van der Waals surface area (Å²) in [7, 11) is 2.15. The normalized spacial score (nSPS) is 24.6. The highest BCUT2D eigenvalue weighted by Crippen LogP contribution is 2.28. The summed E-state index contributed by atoms with van der Waals surface area (Å²) < 4.78 is 1.89. The molecular formula is C14H22N4O2. The highest BCUT2D eigenvalue weighted by atomic mass is 16.4. The predicted molar refractivity (Wildman–Crippen MR) is 73.6 cm³/mol. The first-order valence-corrected chi connectivity index (χ1v) is 7.49. The number of nitrogens with zero attached hydrogens (tertiary/aromatic N) is 4. The van der Waals surface area contributed by atoms with Gasteiger partial charge in [0.2, 0.25) is 0 Å². The lowest BCUT2D eigenvalue weighted by Crippen LogP contribution is -2.32. The molecule has 1 saturated heterocycles. The Labute approximate surface area is 118 Å². The third kappa shape index (κ3) is 2.57. The van der Waals surface area contributed by atoms with Gasteiger partial charge in [0.25, 0.3) is 0 Å². The molecule has 1 aromatic rings. The molecule has 0 saturated carbocycles. The zero-order chi connectivity index (χ0) is 14.1. The Morgan fingerprint density at radius 2 is 2.05 bits per heavy atom. The molecule has 1 unspecified atom stereocenters. The molecule has 0 spiro atoms. The summed E-state index contributed by atoms with van der Waals surface area (Å²) in [6, 6.07) is -0.463. The van der Waals surface area contributed by atoms with Crippen molar-refractivity contribution < 1.29 is 9.90 Å². The fourth-order valence-corrected chi connectivity index (χ4v) is 3.37. The van der Waals surface area contributed by atoms with E-state index in [0.29, 0.717) is 12.3 Å². The quantitative estimate of drug-likeness (QED) is 0.897. The first-order chi connectivity index (χ1) is 9.65. The molecule has 0 aromatic carbocycles. The molecule has 20 heavy (non-hydrogen) atoms. The van der Waals surface area contributed by atoms with Gasteiger partial charge >= 0.3 is 5.97 Å². The number of aromatic nitrogens is 3. The van der Waals surface area contributed by atoms with Crippen LogP contribution in [-0.2, 0) is 17.6 Å². The van der Waals surface area contributed by atoms with Gasteiger partial charge in [0, 0.05) is 12.8 Å². The van der Waals surface area contributed by atoms with Crippen LogP contribution in [0, 0.1) is 5.92 Å². The van der Waals surface area contributed by atoms with Crippen molar-refractivity contribution in [3.63, 3.8) is 0 Å². The zero-order valence-corrected chi connectivity index (χ0v) is 12.0. The van der Waals surface area contributed by atoms with E-state index in [0.717, 1.165) is 56.8 Å². The van der Waals surface area contributed by atoms with E-state index in [1.165, 1.54) is 0 Å². The monoisotopic (exact) mass is 278 g/mol. The number of rotatable bonds is 3. The molecule has 1 aromatic heterocycles. The van der Waals surface area contributed by atoms with Crippen LogP contribution in [-0.4, -0.2) is 50.9 Å². The van der Waals surface area contributed by atoms with Crippen LogP contribution in [0.1, 0.15) is 43.4 Å². The number of carboxylic acid groups (broad SMARTS) is 1. The number of carboxylic acids is 1. The van der Waals surface area contributed by atoms with Gasteiger partial charge in [-0.1, -0.05) is 0 Å². The summed E-state index contributed by atoms with van der Waals surface area (Å²) in [4.78, 5) is 13.8. The molecule has 1 fully saturated rings. The van der Waals surface area contributed by atoms with Gasteiger partial charge in [-0.15, -0.1) is 10.2 Å². The van der Waals surface area contributed by atoms with E-state index in [9.17, 15) is 9.90 Å². The molecule has 0 bridgehead atoms. The number of hydrogen-bond donors (Lipinski definition) is 1. The Bertz CT molecular complexity index is 491.